The fourth-order valence-electron chi connectivity index (χ4n) is 2.77. The van der Waals surface area contributed by atoms with E-state index in [1.54, 1.807) is 30.3 Å². The predicted molar refractivity (Wildman–Crippen MR) is 102 cm³/mol. The zero-order chi connectivity index (χ0) is 21.1. The summed E-state index contributed by atoms with van der Waals surface area (Å²) >= 11 is 0. The van der Waals surface area contributed by atoms with E-state index >= 15 is 0 Å². The van der Waals surface area contributed by atoms with Crippen molar-refractivity contribution in [2.24, 2.45) is 0 Å². The highest BCUT2D eigenvalue weighted by molar-refractivity contribution is 6.07. The number of anilines is 1. The molecule has 0 aliphatic carbocycles. The second-order valence-electron chi connectivity index (χ2n) is 5.88. The third-order valence-corrected chi connectivity index (χ3v) is 4.04. The van der Waals surface area contributed by atoms with Gasteiger partial charge in [-0.1, -0.05) is 30.3 Å². The number of benzene rings is 2. The maximum atomic E-state index is 12.1. The Morgan fingerprint density at radius 3 is 2.00 bits per heavy atom. The number of carbonyl (C=O) groups is 3. The number of carboxylic acid groups (broad SMARTS) is 2. The Morgan fingerprint density at radius 2 is 1.45 bits per heavy atom. The number of hydrogen-bond acceptors (Lipinski definition) is 6. The third-order valence-electron chi connectivity index (χ3n) is 4.04. The number of aromatic nitrogens is 1. The van der Waals surface area contributed by atoms with Crippen LogP contribution < -0.4 is 16.0 Å². The molecular formula is C20H14N2O7. The van der Waals surface area contributed by atoms with Crippen molar-refractivity contribution >= 4 is 23.7 Å². The van der Waals surface area contributed by atoms with Crippen LogP contribution in [0.5, 0.6) is 5.75 Å². The van der Waals surface area contributed by atoms with Gasteiger partial charge in [0.15, 0.2) is 0 Å². The molecule has 0 amide bonds. The smallest absolute Gasteiger partial charge is 0.343 e. The largest absolute Gasteiger partial charge is 0.478 e. The van der Waals surface area contributed by atoms with Crippen molar-refractivity contribution in [3.8, 4) is 16.9 Å². The van der Waals surface area contributed by atoms with Crippen molar-refractivity contribution < 1.29 is 29.3 Å². The Kier molecular flexibility index (Phi) is 5.13. The number of H-pyrrole nitrogens is 1. The van der Waals surface area contributed by atoms with Gasteiger partial charge in [-0.3, -0.25) is 4.79 Å². The third kappa shape index (κ3) is 3.83. The minimum atomic E-state index is -1.61. The lowest BCUT2D eigenvalue weighted by Gasteiger charge is -2.12. The Morgan fingerprint density at radius 1 is 0.862 bits per heavy atom. The van der Waals surface area contributed by atoms with Gasteiger partial charge in [-0.2, -0.15) is 0 Å². The first-order valence-corrected chi connectivity index (χ1v) is 8.19. The van der Waals surface area contributed by atoms with E-state index in [1.807, 2.05) is 4.98 Å². The number of esters is 1. The van der Waals surface area contributed by atoms with Crippen LogP contribution in [0, 0.1) is 0 Å². The van der Waals surface area contributed by atoms with Gasteiger partial charge in [-0.05, 0) is 29.8 Å². The molecule has 146 valence electrons. The lowest BCUT2D eigenvalue weighted by Crippen LogP contribution is -2.24. The van der Waals surface area contributed by atoms with Crippen LogP contribution in [0.4, 0.5) is 5.82 Å². The summed E-state index contributed by atoms with van der Waals surface area (Å²) in [5, 5.41) is 18.8. The predicted octanol–water partition coefficient (Wildman–Crippen LogP) is 2.24. The summed E-state index contributed by atoms with van der Waals surface area (Å²) in [6, 6.07) is 13.6. The van der Waals surface area contributed by atoms with E-state index in [9.17, 15) is 29.4 Å². The molecule has 5 N–H and O–H groups in total. The number of nitrogens with two attached hydrogens (primary N) is 1. The van der Waals surface area contributed by atoms with Crippen LogP contribution in [-0.2, 0) is 0 Å². The van der Waals surface area contributed by atoms with Crippen LogP contribution >= 0.6 is 0 Å². The molecule has 0 fully saturated rings. The number of rotatable bonds is 5. The van der Waals surface area contributed by atoms with Gasteiger partial charge in [0.2, 0.25) is 0 Å². The van der Waals surface area contributed by atoms with Crippen LogP contribution in [-0.4, -0.2) is 33.1 Å². The number of carbonyl (C=O) groups excluding carboxylic acids is 1. The number of nitrogens with one attached hydrogen (secondary N) is 1. The normalized spacial score (nSPS) is 10.3. The van der Waals surface area contributed by atoms with E-state index in [1.165, 1.54) is 24.3 Å². The first-order valence-electron chi connectivity index (χ1n) is 8.19. The topological polar surface area (TPSA) is 160 Å². The molecular weight excluding hydrogens is 380 g/mol. The minimum Gasteiger partial charge on any atom is -0.478 e. The number of nitrogen functional groups attached to an aromatic ring is 1. The first kappa shape index (κ1) is 19.4. The molecule has 1 heterocycles. The lowest BCUT2D eigenvalue weighted by atomic mass is 9.95. The second kappa shape index (κ2) is 7.69. The molecule has 3 rings (SSSR count). The van der Waals surface area contributed by atoms with E-state index in [-0.39, 0.29) is 16.9 Å². The lowest BCUT2D eigenvalue weighted by molar-refractivity contribution is 0.0693. The number of carboxylic acids is 2. The number of aromatic amines is 1. The summed E-state index contributed by atoms with van der Waals surface area (Å²) in [7, 11) is 0. The van der Waals surface area contributed by atoms with Gasteiger partial charge in [0, 0.05) is 5.56 Å². The van der Waals surface area contributed by atoms with E-state index in [4.69, 9.17) is 10.5 Å². The summed E-state index contributed by atoms with van der Waals surface area (Å²) in [5.41, 5.74) is 3.36. The van der Waals surface area contributed by atoms with Crippen molar-refractivity contribution in [3.63, 3.8) is 0 Å². The summed E-state index contributed by atoms with van der Waals surface area (Å²) in [6.45, 7) is 0. The van der Waals surface area contributed by atoms with E-state index in [0.717, 1.165) is 0 Å². The molecule has 0 radical (unpaired) electrons. The van der Waals surface area contributed by atoms with Crippen LogP contribution in [0.25, 0.3) is 11.1 Å². The van der Waals surface area contributed by atoms with Gasteiger partial charge >= 0.3 is 17.9 Å². The Labute approximate surface area is 163 Å². The molecule has 29 heavy (non-hydrogen) atoms. The number of pyridine rings is 1. The number of ether oxygens (including phenoxy) is 1. The van der Waals surface area contributed by atoms with Gasteiger partial charge in [0.1, 0.15) is 22.7 Å². The van der Waals surface area contributed by atoms with Gasteiger partial charge in [0.05, 0.1) is 5.56 Å². The maximum absolute atomic E-state index is 12.1. The molecule has 3 aromatic rings. The Balaban J connectivity index is 2.04. The molecule has 0 unspecified atom stereocenters. The second-order valence-corrected chi connectivity index (χ2v) is 5.88. The fourth-order valence-corrected chi connectivity index (χ4v) is 2.77. The Hall–Kier alpha value is -4.40. The van der Waals surface area contributed by atoms with Gasteiger partial charge < -0.3 is 25.7 Å². The first-order chi connectivity index (χ1) is 13.8. The molecule has 0 atom stereocenters. The van der Waals surface area contributed by atoms with Crippen LogP contribution in [0.2, 0.25) is 0 Å². The summed E-state index contributed by atoms with van der Waals surface area (Å²) in [6.07, 6.45) is 0. The quantitative estimate of drug-likeness (QED) is 0.378. The van der Waals surface area contributed by atoms with Crippen LogP contribution in [0.15, 0.2) is 59.4 Å². The Bertz CT molecular complexity index is 1170. The molecule has 0 saturated carbocycles. The van der Waals surface area contributed by atoms with E-state index in [2.05, 4.69) is 0 Å². The van der Waals surface area contributed by atoms with Gasteiger partial charge in [0.25, 0.3) is 5.56 Å². The van der Waals surface area contributed by atoms with Gasteiger partial charge in [-0.15, -0.1) is 0 Å². The van der Waals surface area contributed by atoms with E-state index in [0.29, 0.717) is 5.56 Å². The SMILES string of the molecule is Nc1[nH]c(=O)c(C(=O)O)c(-c2ccc(OC(=O)c3ccccc3)cc2)c1C(=O)O. The highest BCUT2D eigenvalue weighted by atomic mass is 16.5. The minimum absolute atomic E-state index is 0.108. The molecule has 2 aromatic carbocycles. The molecule has 9 nitrogen and oxygen atoms in total. The van der Waals surface area contributed by atoms with Gasteiger partial charge in [-0.25, -0.2) is 14.4 Å². The molecule has 0 aliphatic rings. The molecule has 0 saturated heterocycles. The average Bonchev–Trinajstić information content (AvgIpc) is 2.68. The van der Waals surface area contributed by atoms with Crippen molar-refractivity contribution in [1.29, 1.82) is 0 Å². The summed E-state index contributed by atoms with van der Waals surface area (Å²) in [5.74, 6) is -4.04. The van der Waals surface area contributed by atoms with Crippen LogP contribution in [0.1, 0.15) is 31.1 Å². The monoisotopic (exact) mass is 394 g/mol. The zero-order valence-corrected chi connectivity index (χ0v) is 14.7. The molecule has 1 aromatic heterocycles. The highest BCUT2D eigenvalue weighted by Gasteiger charge is 2.26. The molecule has 0 spiro atoms. The fraction of sp³-hybridized carbons (Fsp3) is 0. The number of aromatic carboxylic acids is 2. The van der Waals surface area contributed by atoms with E-state index < -0.39 is 40.4 Å². The van der Waals surface area contributed by atoms with Crippen LogP contribution in [0.3, 0.4) is 0 Å². The highest BCUT2D eigenvalue weighted by Crippen LogP contribution is 2.30. The summed E-state index contributed by atoms with van der Waals surface area (Å²) in [4.78, 5) is 49.3. The van der Waals surface area contributed by atoms with Crippen molar-refractivity contribution in [1.82, 2.24) is 4.98 Å². The molecule has 0 bridgehead atoms. The maximum Gasteiger partial charge on any atom is 0.343 e. The zero-order valence-electron chi connectivity index (χ0n) is 14.7. The van der Waals surface area contributed by atoms with Crippen molar-refractivity contribution in [2.45, 2.75) is 0 Å². The molecule has 0 aliphatic heterocycles. The number of hydrogen-bond donors (Lipinski definition) is 4. The van der Waals surface area contributed by atoms with Crippen molar-refractivity contribution in [2.75, 3.05) is 5.73 Å². The van der Waals surface area contributed by atoms with Crippen molar-refractivity contribution in [3.05, 3.63) is 81.6 Å². The summed E-state index contributed by atoms with van der Waals surface area (Å²) < 4.78 is 5.23. The standard InChI is InChI=1S/C20H14N2O7/c21-16-14(18(24)25)13(15(19(26)27)17(23)22-16)10-6-8-12(9-7-10)29-20(28)11-4-2-1-3-5-11/h1-9H,(H,24,25)(H,26,27)(H3,21,22,23). The molecule has 9 heteroatoms. The average molecular weight is 394 g/mol.